The molecule has 0 saturated heterocycles. The first-order chi connectivity index (χ1) is 9.38. The molecular formula is C15H12BrClFNO. The molecule has 104 valence electrons. The van der Waals surface area contributed by atoms with E-state index in [1.54, 1.807) is 0 Å². The number of carbonyl (C=O) groups excluding carboxylic acids is 1. The van der Waals surface area contributed by atoms with Gasteiger partial charge >= 0.3 is 0 Å². The summed E-state index contributed by atoms with van der Waals surface area (Å²) in [4.78, 5) is 12.1. The van der Waals surface area contributed by atoms with E-state index in [1.807, 2.05) is 26.0 Å². The van der Waals surface area contributed by atoms with Gasteiger partial charge in [0.05, 0.1) is 5.02 Å². The molecular weight excluding hydrogens is 345 g/mol. The third-order valence-electron chi connectivity index (χ3n) is 2.92. The van der Waals surface area contributed by atoms with Gasteiger partial charge in [0.2, 0.25) is 0 Å². The van der Waals surface area contributed by atoms with Crippen molar-refractivity contribution in [2.75, 3.05) is 5.32 Å². The standard InChI is InChI=1S/C15H12BrClFNO/c1-8-5-11(16)6-9(2)14(8)19-15(20)10-3-4-12(17)13(18)7-10/h3-7H,1-2H3,(H,19,20). The third-order valence-corrected chi connectivity index (χ3v) is 3.68. The number of amides is 1. The molecule has 0 spiro atoms. The lowest BCUT2D eigenvalue weighted by Gasteiger charge is -2.12. The molecule has 0 aromatic heterocycles. The minimum Gasteiger partial charge on any atom is -0.322 e. The molecule has 2 rings (SSSR count). The van der Waals surface area contributed by atoms with Crippen molar-refractivity contribution in [3.63, 3.8) is 0 Å². The van der Waals surface area contributed by atoms with E-state index in [4.69, 9.17) is 11.6 Å². The molecule has 2 aromatic rings. The highest BCUT2D eigenvalue weighted by Gasteiger charge is 2.12. The average Bonchev–Trinajstić information content (AvgIpc) is 2.36. The van der Waals surface area contributed by atoms with Crippen LogP contribution in [0.4, 0.5) is 10.1 Å². The van der Waals surface area contributed by atoms with Crippen LogP contribution in [-0.4, -0.2) is 5.91 Å². The van der Waals surface area contributed by atoms with Crippen LogP contribution in [0.15, 0.2) is 34.8 Å². The van der Waals surface area contributed by atoms with E-state index in [9.17, 15) is 9.18 Å². The fourth-order valence-electron chi connectivity index (χ4n) is 1.93. The average molecular weight is 357 g/mol. The maximum atomic E-state index is 13.4. The number of rotatable bonds is 2. The highest BCUT2D eigenvalue weighted by Crippen LogP contribution is 2.26. The number of aryl methyl sites for hydroxylation is 2. The lowest BCUT2D eigenvalue weighted by molar-refractivity contribution is 0.102. The monoisotopic (exact) mass is 355 g/mol. The number of anilines is 1. The first kappa shape index (κ1) is 15.0. The van der Waals surface area contributed by atoms with Gasteiger partial charge in [-0.05, 0) is 55.3 Å². The third kappa shape index (κ3) is 3.19. The van der Waals surface area contributed by atoms with Gasteiger partial charge in [0.15, 0.2) is 0 Å². The molecule has 0 radical (unpaired) electrons. The maximum absolute atomic E-state index is 13.4. The lowest BCUT2D eigenvalue weighted by Crippen LogP contribution is -2.14. The largest absolute Gasteiger partial charge is 0.322 e. The summed E-state index contributed by atoms with van der Waals surface area (Å²) >= 11 is 9.00. The molecule has 0 bridgehead atoms. The van der Waals surface area contributed by atoms with Crippen LogP contribution < -0.4 is 5.32 Å². The van der Waals surface area contributed by atoms with Crippen molar-refractivity contribution in [2.24, 2.45) is 0 Å². The van der Waals surface area contributed by atoms with Crippen LogP contribution in [0.1, 0.15) is 21.5 Å². The molecule has 0 saturated carbocycles. The van der Waals surface area contributed by atoms with Crippen LogP contribution in [0.3, 0.4) is 0 Å². The van der Waals surface area contributed by atoms with Gasteiger partial charge in [0, 0.05) is 15.7 Å². The van der Waals surface area contributed by atoms with Crippen molar-refractivity contribution in [3.8, 4) is 0 Å². The Morgan fingerprint density at radius 2 is 1.80 bits per heavy atom. The Kier molecular flexibility index (Phi) is 4.45. The number of halogens is 3. The van der Waals surface area contributed by atoms with E-state index in [2.05, 4.69) is 21.2 Å². The van der Waals surface area contributed by atoms with Crippen LogP contribution in [0.25, 0.3) is 0 Å². The molecule has 20 heavy (non-hydrogen) atoms. The quantitative estimate of drug-likeness (QED) is 0.796. The topological polar surface area (TPSA) is 29.1 Å². The summed E-state index contributed by atoms with van der Waals surface area (Å²) in [7, 11) is 0. The molecule has 0 aliphatic rings. The zero-order chi connectivity index (χ0) is 14.9. The van der Waals surface area contributed by atoms with E-state index >= 15 is 0 Å². The van der Waals surface area contributed by atoms with E-state index in [0.717, 1.165) is 27.4 Å². The number of hydrogen-bond acceptors (Lipinski definition) is 1. The number of hydrogen-bond donors (Lipinski definition) is 1. The highest BCUT2D eigenvalue weighted by molar-refractivity contribution is 9.10. The molecule has 0 aliphatic heterocycles. The molecule has 1 N–H and O–H groups in total. The van der Waals surface area contributed by atoms with Crippen LogP contribution in [-0.2, 0) is 0 Å². The van der Waals surface area contributed by atoms with Gasteiger partial charge in [-0.3, -0.25) is 4.79 Å². The van der Waals surface area contributed by atoms with Crippen LogP contribution >= 0.6 is 27.5 Å². The Bertz CT molecular complexity index is 665. The summed E-state index contributed by atoms with van der Waals surface area (Å²) in [5.41, 5.74) is 2.82. The van der Waals surface area contributed by atoms with Crippen molar-refractivity contribution >= 4 is 39.1 Å². The maximum Gasteiger partial charge on any atom is 0.255 e. The molecule has 5 heteroatoms. The van der Waals surface area contributed by atoms with Crippen molar-refractivity contribution in [1.29, 1.82) is 0 Å². The fourth-order valence-corrected chi connectivity index (χ4v) is 2.74. The predicted molar refractivity (Wildman–Crippen MR) is 83.0 cm³/mol. The van der Waals surface area contributed by atoms with Crippen molar-refractivity contribution in [2.45, 2.75) is 13.8 Å². The minimum absolute atomic E-state index is 0.00227. The van der Waals surface area contributed by atoms with E-state index < -0.39 is 5.82 Å². The minimum atomic E-state index is -0.608. The number of nitrogens with one attached hydrogen (secondary N) is 1. The SMILES string of the molecule is Cc1cc(Br)cc(C)c1NC(=O)c1ccc(Cl)c(F)c1. The summed E-state index contributed by atoms with van der Waals surface area (Å²) < 4.78 is 14.3. The second-order valence-corrected chi connectivity index (χ2v) is 5.82. The molecule has 2 nitrogen and oxygen atoms in total. The van der Waals surface area contributed by atoms with Crippen LogP contribution in [0.5, 0.6) is 0 Å². The summed E-state index contributed by atoms with van der Waals surface area (Å²) in [6, 6.07) is 7.80. The Balaban J connectivity index is 2.30. The van der Waals surface area contributed by atoms with Crippen LogP contribution in [0.2, 0.25) is 5.02 Å². The molecule has 0 atom stereocenters. The lowest BCUT2D eigenvalue weighted by atomic mass is 10.1. The smallest absolute Gasteiger partial charge is 0.255 e. The van der Waals surface area contributed by atoms with Crippen molar-refractivity contribution in [3.05, 3.63) is 62.3 Å². The second kappa shape index (κ2) is 5.94. The number of carbonyl (C=O) groups is 1. The Labute approximate surface area is 130 Å². The summed E-state index contributed by atoms with van der Waals surface area (Å²) in [5.74, 6) is -0.974. The van der Waals surface area contributed by atoms with Crippen molar-refractivity contribution < 1.29 is 9.18 Å². The summed E-state index contributed by atoms with van der Waals surface area (Å²) in [6.07, 6.45) is 0. The first-order valence-electron chi connectivity index (χ1n) is 5.91. The second-order valence-electron chi connectivity index (χ2n) is 4.50. The number of benzene rings is 2. The van der Waals surface area contributed by atoms with Gasteiger partial charge in [-0.15, -0.1) is 0 Å². The molecule has 0 heterocycles. The Morgan fingerprint density at radius 3 is 2.35 bits per heavy atom. The predicted octanol–water partition coefficient (Wildman–Crippen LogP) is 5.11. The Morgan fingerprint density at radius 1 is 1.20 bits per heavy atom. The zero-order valence-corrected chi connectivity index (χ0v) is 13.3. The molecule has 2 aromatic carbocycles. The van der Waals surface area contributed by atoms with Gasteiger partial charge in [0.1, 0.15) is 5.82 Å². The molecule has 1 amide bonds. The van der Waals surface area contributed by atoms with Gasteiger partial charge in [-0.25, -0.2) is 4.39 Å². The van der Waals surface area contributed by atoms with E-state index in [0.29, 0.717) is 0 Å². The van der Waals surface area contributed by atoms with Gasteiger partial charge < -0.3 is 5.32 Å². The van der Waals surface area contributed by atoms with E-state index in [-0.39, 0.29) is 16.5 Å². The summed E-state index contributed by atoms with van der Waals surface area (Å²) in [5, 5.41) is 2.80. The van der Waals surface area contributed by atoms with Gasteiger partial charge in [-0.2, -0.15) is 0 Å². The highest BCUT2D eigenvalue weighted by atomic mass is 79.9. The molecule has 0 fully saturated rings. The summed E-state index contributed by atoms with van der Waals surface area (Å²) in [6.45, 7) is 3.80. The van der Waals surface area contributed by atoms with Gasteiger partial charge in [-0.1, -0.05) is 27.5 Å². The van der Waals surface area contributed by atoms with E-state index in [1.165, 1.54) is 12.1 Å². The zero-order valence-electron chi connectivity index (χ0n) is 10.9. The van der Waals surface area contributed by atoms with Crippen molar-refractivity contribution in [1.82, 2.24) is 0 Å². The normalized spacial score (nSPS) is 10.4. The molecule has 0 aliphatic carbocycles. The molecule has 0 unspecified atom stereocenters. The van der Waals surface area contributed by atoms with Crippen LogP contribution in [0, 0.1) is 19.7 Å². The fraction of sp³-hybridized carbons (Fsp3) is 0.133. The first-order valence-corrected chi connectivity index (χ1v) is 7.08. The van der Waals surface area contributed by atoms with Gasteiger partial charge in [0.25, 0.3) is 5.91 Å². The Hall–Kier alpha value is -1.39.